The molecule has 5 heteroatoms. The summed E-state index contributed by atoms with van der Waals surface area (Å²) in [6.07, 6.45) is 0. The van der Waals surface area contributed by atoms with E-state index in [1.165, 1.54) is 11.1 Å². The minimum atomic E-state index is 0.543. The monoisotopic (exact) mass is 728 g/mol. The molecule has 0 N–H and O–H groups in total. The molecule has 0 aliphatic heterocycles. The number of hydrogen-bond donors (Lipinski definition) is 0. The summed E-state index contributed by atoms with van der Waals surface area (Å²) in [7, 11) is 0. The Kier molecular flexibility index (Phi) is 8.48. The summed E-state index contributed by atoms with van der Waals surface area (Å²) in [5.74, 6) is 1.67. The van der Waals surface area contributed by atoms with Crippen molar-refractivity contribution in [1.29, 1.82) is 5.26 Å². The molecule has 10 rings (SSSR count). The zero-order valence-electron chi connectivity index (χ0n) is 30.7. The predicted octanol–water partition coefficient (Wildman–Crippen LogP) is 13.3. The largest absolute Gasteiger partial charge is 0.456 e. The number of nitrogens with zero attached hydrogens (tertiary/aromatic N) is 4. The Morgan fingerprint density at radius 1 is 0.368 bits per heavy atom. The standard InChI is InChI=1S/C52H32N4O/c53-33-42-18-10-11-19-43(42)37-22-26-40(27-23-37)51-54-50(39-16-8-3-9-17-39)55-52(56-51)41-28-29-45-47(32-41)57-46-31-30-44(36-14-6-2-7-15-36)48(49(45)46)38-24-20-35(21-25-38)34-12-4-1-5-13-34/h1-32H. The molecule has 57 heavy (non-hydrogen) atoms. The lowest BCUT2D eigenvalue weighted by Gasteiger charge is -2.13. The fourth-order valence-electron chi connectivity index (χ4n) is 7.61. The van der Waals surface area contributed by atoms with Crippen LogP contribution in [-0.2, 0) is 0 Å². The normalized spacial score (nSPS) is 11.1. The van der Waals surface area contributed by atoms with Gasteiger partial charge in [0.25, 0.3) is 0 Å². The zero-order valence-corrected chi connectivity index (χ0v) is 30.7. The van der Waals surface area contributed by atoms with Gasteiger partial charge in [0.1, 0.15) is 11.2 Å². The van der Waals surface area contributed by atoms with E-state index in [1.807, 2.05) is 97.1 Å². The Labute approximate surface area is 329 Å². The highest BCUT2D eigenvalue weighted by molar-refractivity contribution is 6.16. The average molecular weight is 729 g/mol. The van der Waals surface area contributed by atoms with E-state index >= 15 is 0 Å². The van der Waals surface area contributed by atoms with Crippen LogP contribution < -0.4 is 0 Å². The van der Waals surface area contributed by atoms with Gasteiger partial charge >= 0.3 is 0 Å². The molecule has 8 aromatic carbocycles. The summed E-state index contributed by atoms with van der Waals surface area (Å²) in [4.78, 5) is 15.0. The van der Waals surface area contributed by atoms with Crippen LogP contribution in [0.25, 0.3) is 101 Å². The molecular formula is C52H32N4O. The van der Waals surface area contributed by atoms with E-state index in [0.717, 1.165) is 72.0 Å². The first kappa shape index (κ1) is 33.6. The van der Waals surface area contributed by atoms with Crippen molar-refractivity contribution in [3.63, 3.8) is 0 Å². The molecule has 0 amide bonds. The van der Waals surface area contributed by atoms with Gasteiger partial charge in [-0.2, -0.15) is 5.26 Å². The van der Waals surface area contributed by atoms with Gasteiger partial charge in [0, 0.05) is 33.0 Å². The fourth-order valence-corrected chi connectivity index (χ4v) is 7.61. The van der Waals surface area contributed by atoms with E-state index in [0.29, 0.717) is 23.0 Å². The number of furan rings is 1. The summed E-state index contributed by atoms with van der Waals surface area (Å²) in [6, 6.07) is 68.1. The van der Waals surface area contributed by atoms with Gasteiger partial charge in [-0.3, -0.25) is 0 Å². The van der Waals surface area contributed by atoms with E-state index < -0.39 is 0 Å². The quantitative estimate of drug-likeness (QED) is 0.163. The van der Waals surface area contributed by atoms with E-state index in [4.69, 9.17) is 19.4 Å². The van der Waals surface area contributed by atoms with Crippen molar-refractivity contribution < 1.29 is 4.42 Å². The zero-order chi connectivity index (χ0) is 38.1. The maximum absolute atomic E-state index is 9.68. The van der Waals surface area contributed by atoms with Gasteiger partial charge in [0.2, 0.25) is 0 Å². The highest BCUT2D eigenvalue weighted by atomic mass is 16.3. The van der Waals surface area contributed by atoms with Crippen LogP contribution in [0.3, 0.4) is 0 Å². The Morgan fingerprint density at radius 3 is 1.51 bits per heavy atom. The first-order chi connectivity index (χ1) is 28.2. The van der Waals surface area contributed by atoms with Crippen LogP contribution in [0.2, 0.25) is 0 Å². The summed E-state index contributed by atoms with van der Waals surface area (Å²) in [5.41, 5.74) is 13.4. The second-order valence-electron chi connectivity index (χ2n) is 13.9. The number of nitriles is 1. The summed E-state index contributed by atoms with van der Waals surface area (Å²) in [6.45, 7) is 0. The van der Waals surface area contributed by atoms with Crippen molar-refractivity contribution in [2.75, 3.05) is 0 Å². The highest BCUT2D eigenvalue weighted by Gasteiger charge is 2.20. The summed E-state index contributed by atoms with van der Waals surface area (Å²) >= 11 is 0. The molecule has 0 radical (unpaired) electrons. The molecule has 0 aliphatic carbocycles. The third-order valence-electron chi connectivity index (χ3n) is 10.4. The van der Waals surface area contributed by atoms with Crippen LogP contribution in [0.15, 0.2) is 199 Å². The Morgan fingerprint density at radius 2 is 0.842 bits per heavy atom. The van der Waals surface area contributed by atoms with Crippen LogP contribution >= 0.6 is 0 Å². The Balaban J connectivity index is 1.11. The molecule has 266 valence electrons. The number of fused-ring (bicyclic) bond motifs is 3. The molecule has 0 fully saturated rings. The van der Waals surface area contributed by atoms with Gasteiger partial charge in [-0.1, -0.05) is 170 Å². The lowest BCUT2D eigenvalue weighted by atomic mass is 9.90. The molecule has 2 heterocycles. The molecule has 0 saturated carbocycles. The van der Waals surface area contributed by atoms with Gasteiger partial charge in [0.05, 0.1) is 11.6 Å². The lowest BCUT2D eigenvalue weighted by molar-refractivity contribution is 0.669. The van der Waals surface area contributed by atoms with E-state index in [9.17, 15) is 5.26 Å². The molecule has 5 nitrogen and oxygen atoms in total. The van der Waals surface area contributed by atoms with Crippen molar-refractivity contribution in [3.05, 3.63) is 200 Å². The van der Waals surface area contributed by atoms with Crippen LogP contribution in [0, 0.1) is 11.3 Å². The molecule has 0 unspecified atom stereocenters. The van der Waals surface area contributed by atoms with Crippen molar-refractivity contribution in [1.82, 2.24) is 15.0 Å². The van der Waals surface area contributed by atoms with E-state index in [1.54, 1.807) is 0 Å². The molecule has 0 bridgehead atoms. The second kappa shape index (κ2) is 14.4. The molecule has 0 saturated heterocycles. The van der Waals surface area contributed by atoms with Crippen molar-refractivity contribution in [3.8, 4) is 84.7 Å². The van der Waals surface area contributed by atoms with Gasteiger partial charge in [-0.15, -0.1) is 0 Å². The van der Waals surface area contributed by atoms with Crippen LogP contribution in [0.5, 0.6) is 0 Å². The number of benzene rings is 8. The first-order valence-electron chi connectivity index (χ1n) is 18.8. The van der Waals surface area contributed by atoms with Crippen molar-refractivity contribution in [2.45, 2.75) is 0 Å². The van der Waals surface area contributed by atoms with E-state index in [-0.39, 0.29) is 0 Å². The average Bonchev–Trinajstić information content (AvgIpc) is 3.67. The Bertz CT molecular complexity index is 3100. The molecule has 2 aromatic heterocycles. The number of aromatic nitrogens is 3. The smallest absolute Gasteiger partial charge is 0.164 e. The molecule has 0 spiro atoms. The topological polar surface area (TPSA) is 75.6 Å². The minimum Gasteiger partial charge on any atom is -0.456 e. The van der Waals surface area contributed by atoms with Crippen LogP contribution in [0.4, 0.5) is 0 Å². The van der Waals surface area contributed by atoms with Gasteiger partial charge < -0.3 is 4.42 Å². The first-order valence-corrected chi connectivity index (χ1v) is 18.8. The second-order valence-corrected chi connectivity index (χ2v) is 13.9. The number of hydrogen-bond acceptors (Lipinski definition) is 5. The van der Waals surface area contributed by atoms with Gasteiger partial charge in [-0.25, -0.2) is 15.0 Å². The highest BCUT2D eigenvalue weighted by Crippen LogP contribution is 2.44. The third-order valence-corrected chi connectivity index (χ3v) is 10.4. The van der Waals surface area contributed by atoms with Crippen molar-refractivity contribution in [2.24, 2.45) is 0 Å². The summed E-state index contributed by atoms with van der Waals surface area (Å²) in [5, 5.41) is 11.8. The predicted molar refractivity (Wildman–Crippen MR) is 230 cm³/mol. The van der Waals surface area contributed by atoms with Crippen LogP contribution in [-0.4, -0.2) is 15.0 Å². The molecule has 10 aromatic rings. The fraction of sp³-hybridized carbons (Fsp3) is 0. The molecule has 0 aliphatic rings. The van der Waals surface area contributed by atoms with Gasteiger partial charge in [-0.05, 0) is 63.2 Å². The lowest BCUT2D eigenvalue weighted by Crippen LogP contribution is -2.00. The SMILES string of the molecule is N#Cc1ccccc1-c1ccc(-c2nc(-c3ccccc3)nc(-c3ccc4c(c3)oc3ccc(-c5ccccc5)c(-c5ccc(-c6ccccc6)cc5)c34)n2)cc1. The van der Waals surface area contributed by atoms with Gasteiger partial charge in [0.15, 0.2) is 17.5 Å². The van der Waals surface area contributed by atoms with Crippen molar-refractivity contribution >= 4 is 21.9 Å². The number of rotatable bonds is 7. The Hall–Kier alpha value is -7.94. The molecular weight excluding hydrogens is 697 g/mol. The maximum atomic E-state index is 9.68. The van der Waals surface area contributed by atoms with E-state index in [2.05, 4.69) is 103 Å². The van der Waals surface area contributed by atoms with Crippen LogP contribution in [0.1, 0.15) is 5.56 Å². The maximum Gasteiger partial charge on any atom is 0.164 e. The third kappa shape index (κ3) is 6.32. The summed E-state index contributed by atoms with van der Waals surface area (Å²) < 4.78 is 6.67. The molecule has 0 atom stereocenters. The minimum absolute atomic E-state index is 0.543.